The number of ether oxygens (including phenoxy) is 1. The lowest BCUT2D eigenvalue weighted by molar-refractivity contribution is -0.131. The first kappa shape index (κ1) is 18.6. The Morgan fingerprint density at radius 2 is 2.15 bits per heavy atom. The molecule has 4 rings (SSSR count). The first-order chi connectivity index (χ1) is 13.0. The minimum atomic E-state index is -0.650. The highest BCUT2D eigenvalue weighted by Gasteiger charge is 2.45. The zero-order valence-electron chi connectivity index (χ0n) is 15.7. The van der Waals surface area contributed by atoms with Crippen LogP contribution < -0.4 is 5.43 Å². The second-order valence-electron chi connectivity index (χ2n) is 8.09. The van der Waals surface area contributed by atoms with Gasteiger partial charge in [-0.05, 0) is 43.2 Å². The average Bonchev–Trinajstić information content (AvgIpc) is 2.67. The van der Waals surface area contributed by atoms with Crippen LogP contribution in [0.25, 0.3) is 10.9 Å². The smallest absolute Gasteiger partial charge is 0.189 e. The van der Waals surface area contributed by atoms with Crippen LogP contribution >= 0.6 is 0 Å². The Hall–Kier alpha value is -1.76. The molecule has 0 unspecified atom stereocenters. The number of para-hydroxylation sites is 1. The van der Waals surface area contributed by atoms with Crippen LogP contribution in [-0.4, -0.2) is 46.9 Å². The van der Waals surface area contributed by atoms with Crippen LogP contribution in [0.2, 0.25) is 0 Å². The van der Waals surface area contributed by atoms with Gasteiger partial charge in [0, 0.05) is 50.0 Å². The fraction of sp³-hybridized carbons (Fsp3) is 0.571. The summed E-state index contributed by atoms with van der Waals surface area (Å²) in [5.74, 6) is 0.0172. The van der Waals surface area contributed by atoms with E-state index < -0.39 is 11.4 Å². The van der Waals surface area contributed by atoms with E-state index in [-0.39, 0.29) is 22.8 Å². The standard InChI is InChI=1S/C21H27FN2O3/c1-14-12-24(8-7-21(14,26)15-5-9-27-10-6-15)13-16-11-19(25)17-3-2-4-18(22)20(17)23-16/h2-4,11,14-15,26H,5-10,12-13H2,1H3,(H,23,25)/t14-,21+/m1/s1. The lowest BCUT2D eigenvalue weighted by Crippen LogP contribution is -2.55. The number of halogens is 1. The number of aliphatic hydroxyl groups is 1. The van der Waals surface area contributed by atoms with Crippen molar-refractivity contribution in [2.45, 2.75) is 38.3 Å². The predicted octanol–water partition coefficient (Wildman–Crippen LogP) is 2.67. The third kappa shape index (κ3) is 3.53. The molecule has 0 bridgehead atoms. The largest absolute Gasteiger partial charge is 0.389 e. The maximum Gasteiger partial charge on any atom is 0.189 e. The number of nitrogens with zero attached hydrogens (tertiary/aromatic N) is 1. The Labute approximate surface area is 158 Å². The van der Waals surface area contributed by atoms with E-state index in [1.165, 1.54) is 6.07 Å². The molecule has 3 heterocycles. The fourth-order valence-corrected chi connectivity index (χ4v) is 4.78. The number of piperidine rings is 1. The molecule has 0 radical (unpaired) electrons. The molecule has 2 aliphatic heterocycles. The number of hydrogen-bond acceptors (Lipinski definition) is 4. The highest BCUT2D eigenvalue weighted by molar-refractivity contribution is 5.78. The summed E-state index contributed by atoms with van der Waals surface area (Å²) in [4.78, 5) is 17.6. The number of hydrogen-bond donors (Lipinski definition) is 2. The summed E-state index contributed by atoms with van der Waals surface area (Å²) in [5, 5.41) is 11.7. The average molecular weight is 374 g/mol. The molecule has 27 heavy (non-hydrogen) atoms. The second-order valence-corrected chi connectivity index (χ2v) is 8.09. The molecule has 2 aromatic rings. The van der Waals surface area contributed by atoms with Gasteiger partial charge >= 0.3 is 0 Å². The molecule has 0 spiro atoms. The molecule has 2 aliphatic rings. The lowest BCUT2D eigenvalue weighted by atomic mass is 9.70. The number of pyridine rings is 1. The molecule has 2 fully saturated rings. The summed E-state index contributed by atoms with van der Waals surface area (Å²) in [7, 11) is 0. The van der Waals surface area contributed by atoms with Gasteiger partial charge in [-0.1, -0.05) is 13.0 Å². The van der Waals surface area contributed by atoms with Crippen LogP contribution in [0.15, 0.2) is 29.1 Å². The van der Waals surface area contributed by atoms with Gasteiger partial charge < -0.3 is 14.8 Å². The highest BCUT2D eigenvalue weighted by atomic mass is 19.1. The molecule has 2 atom stereocenters. The molecule has 2 saturated heterocycles. The summed E-state index contributed by atoms with van der Waals surface area (Å²) in [6.45, 7) is 5.62. The van der Waals surface area contributed by atoms with Crippen LogP contribution in [0.5, 0.6) is 0 Å². The third-order valence-electron chi connectivity index (χ3n) is 6.41. The molecule has 2 N–H and O–H groups in total. The summed E-state index contributed by atoms with van der Waals surface area (Å²) in [6, 6.07) is 6.11. The first-order valence-corrected chi connectivity index (χ1v) is 9.80. The van der Waals surface area contributed by atoms with Gasteiger partial charge in [0.25, 0.3) is 0 Å². The van der Waals surface area contributed by atoms with Gasteiger partial charge in [-0.25, -0.2) is 4.39 Å². The summed E-state index contributed by atoms with van der Waals surface area (Å²) in [5.41, 5.74) is 0.163. The van der Waals surface area contributed by atoms with E-state index in [1.807, 2.05) is 0 Å². The van der Waals surface area contributed by atoms with Crippen molar-refractivity contribution in [2.24, 2.45) is 11.8 Å². The van der Waals surface area contributed by atoms with Gasteiger partial charge in [-0.3, -0.25) is 9.69 Å². The van der Waals surface area contributed by atoms with Crippen molar-refractivity contribution in [3.05, 3.63) is 46.0 Å². The van der Waals surface area contributed by atoms with Crippen LogP contribution in [0.4, 0.5) is 4.39 Å². The molecule has 5 nitrogen and oxygen atoms in total. The quantitative estimate of drug-likeness (QED) is 0.867. The van der Waals surface area contributed by atoms with E-state index in [0.29, 0.717) is 24.0 Å². The maximum absolute atomic E-state index is 14.1. The zero-order chi connectivity index (χ0) is 19.0. The Kier molecular flexibility index (Phi) is 5.05. The number of fused-ring (bicyclic) bond motifs is 1. The highest BCUT2D eigenvalue weighted by Crippen LogP contribution is 2.39. The van der Waals surface area contributed by atoms with Gasteiger partial charge in [0.05, 0.1) is 11.1 Å². The van der Waals surface area contributed by atoms with E-state index in [0.717, 1.165) is 39.1 Å². The number of benzene rings is 1. The topological polar surface area (TPSA) is 65.6 Å². The van der Waals surface area contributed by atoms with Gasteiger partial charge in [0.1, 0.15) is 5.82 Å². The van der Waals surface area contributed by atoms with Crippen LogP contribution in [-0.2, 0) is 11.3 Å². The van der Waals surface area contributed by atoms with Crippen molar-refractivity contribution in [3.8, 4) is 0 Å². The summed E-state index contributed by atoms with van der Waals surface area (Å²) in [6.07, 6.45) is 2.54. The minimum absolute atomic E-state index is 0.137. The third-order valence-corrected chi connectivity index (χ3v) is 6.41. The Morgan fingerprint density at radius 3 is 2.89 bits per heavy atom. The van der Waals surface area contributed by atoms with Crippen LogP contribution in [0, 0.1) is 17.7 Å². The summed E-state index contributed by atoms with van der Waals surface area (Å²) >= 11 is 0. The van der Waals surface area contributed by atoms with Crippen molar-refractivity contribution < 1.29 is 14.2 Å². The van der Waals surface area contributed by atoms with Crippen molar-refractivity contribution >= 4 is 10.9 Å². The molecule has 1 aromatic heterocycles. The minimum Gasteiger partial charge on any atom is -0.389 e. The number of aromatic nitrogens is 1. The van der Waals surface area contributed by atoms with E-state index in [2.05, 4.69) is 16.8 Å². The molecular formula is C21H27FN2O3. The van der Waals surface area contributed by atoms with Crippen LogP contribution in [0.1, 0.15) is 31.9 Å². The molecule has 6 heteroatoms. The van der Waals surface area contributed by atoms with E-state index in [4.69, 9.17) is 4.74 Å². The number of aromatic amines is 1. The SMILES string of the molecule is C[C@@H]1CN(Cc2cc(=O)c3cccc(F)c3[nH]2)CC[C@@]1(O)C1CCOCC1. The maximum atomic E-state index is 14.1. The molecular weight excluding hydrogens is 347 g/mol. The Morgan fingerprint density at radius 1 is 1.37 bits per heavy atom. The molecule has 146 valence electrons. The van der Waals surface area contributed by atoms with Gasteiger partial charge in [-0.15, -0.1) is 0 Å². The fourth-order valence-electron chi connectivity index (χ4n) is 4.78. The second kappa shape index (κ2) is 7.34. The van der Waals surface area contributed by atoms with Crippen LogP contribution in [0.3, 0.4) is 0 Å². The van der Waals surface area contributed by atoms with Crippen molar-refractivity contribution in [2.75, 3.05) is 26.3 Å². The Bertz CT molecular complexity index is 877. The molecule has 0 saturated carbocycles. The Balaban J connectivity index is 1.49. The van der Waals surface area contributed by atoms with Crippen molar-refractivity contribution in [1.82, 2.24) is 9.88 Å². The normalized spacial score (nSPS) is 27.9. The summed E-state index contributed by atoms with van der Waals surface area (Å²) < 4.78 is 19.5. The van der Waals surface area contributed by atoms with E-state index in [9.17, 15) is 14.3 Å². The monoisotopic (exact) mass is 374 g/mol. The number of H-pyrrole nitrogens is 1. The number of rotatable bonds is 3. The lowest BCUT2D eigenvalue weighted by Gasteiger charge is -2.48. The van der Waals surface area contributed by atoms with Gasteiger partial charge in [0.15, 0.2) is 5.43 Å². The zero-order valence-corrected chi connectivity index (χ0v) is 15.7. The van der Waals surface area contributed by atoms with E-state index in [1.54, 1.807) is 18.2 Å². The predicted molar refractivity (Wildman–Crippen MR) is 102 cm³/mol. The molecule has 0 amide bonds. The van der Waals surface area contributed by atoms with Gasteiger partial charge in [0.2, 0.25) is 0 Å². The van der Waals surface area contributed by atoms with Crippen molar-refractivity contribution in [3.63, 3.8) is 0 Å². The number of likely N-dealkylation sites (tertiary alicyclic amines) is 1. The van der Waals surface area contributed by atoms with Gasteiger partial charge in [-0.2, -0.15) is 0 Å². The molecule has 1 aromatic carbocycles. The van der Waals surface area contributed by atoms with Crippen molar-refractivity contribution in [1.29, 1.82) is 0 Å². The van der Waals surface area contributed by atoms with E-state index >= 15 is 0 Å². The first-order valence-electron chi connectivity index (χ1n) is 9.80. The number of nitrogens with one attached hydrogen (secondary N) is 1. The molecule has 0 aliphatic carbocycles.